The molecule has 1 aliphatic rings. The fraction of sp³-hybridized carbons (Fsp3) is 0.350. The van der Waals surface area contributed by atoms with E-state index in [9.17, 15) is 4.79 Å². The van der Waals surface area contributed by atoms with Crippen molar-refractivity contribution < 1.29 is 9.53 Å². The molecule has 126 valence electrons. The van der Waals surface area contributed by atoms with Crippen molar-refractivity contribution in [2.75, 3.05) is 12.4 Å². The molecular formula is C20H23NO2S. The first-order valence-corrected chi connectivity index (χ1v) is 9.39. The molecule has 1 atom stereocenters. The van der Waals surface area contributed by atoms with Crippen LogP contribution < -0.4 is 5.32 Å². The standard InChI is InChI=1S/C20H23NO2S/c1-15-7-2-3-8-16(15)13-21-20(22)18-10-4-5-11-19(18)24-14-17-9-6-12-23-17/h2-5,7-8,10-11,17H,6,9,12-14H2,1H3,(H,21,22)/t17-/m0/s1. The zero-order chi connectivity index (χ0) is 16.8. The summed E-state index contributed by atoms with van der Waals surface area (Å²) >= 11 is 1.71. The maximum atomic E-state index is 12.6. The maximum absolute atomic E-state index is 12.6. The van der Waals surface area contributed by atoms with Crippen molar-refractivity contribution in [2.24, 2.45) is 0 Å². The molecule has 0 aromatic heterocycles. The number of hydrogen-bond donors (Lipinski definition) is 1. The van der Waals surface area contributed by atoms with Gasteiger partial charge in [-0.3, -0.25) is 4.79 Å². The highest BCUT2D eigenvalue weighted by Crippen LogP contribution is 2.26. The van der Waals surface area contributed by atoms with E-state index in [0.29, 0.717) is 12.6 Å². The molecule has 1 amide bonds. The first-order valence-electron chi connectivity index (χ1n) is 8.40. The highest BCUT2D eigenvalue weighted by molar-refractivity contribution is 7.99. The molecule has 4 heteroatoms. The van der Waals surface area contributed by atoms with Crippen LogP contribution >= 0.6 is 11.8 Å². The zero-order valence-corrected chi connectivity index (χ0v) is 14.8. The minimum Gasteiger partial charge on any atom is -0.377 e. The van der Waals surface area contributed by atoms with Gasteiger partial charge in [0.15, 0.2) is 0 Å². The van der Waals surface area contributed by atoms with Gasteiger partial charge in [0.25, 0.3) is 5.91 Å². The van der Waals surface area contributed by atoms with Crippen molar-refractivity contribution in [3.05, 3.63) is 65.2 Å². The maximum Gasteiger partial charge on any atom is 0.252 e. The summed E-state index contributed by atoms with van der Waals surface area (Å²) in [6, 6.07) is 15.9. The van der Waals surface area contributed by atoms with Crippen LogP contribution in [-0.4, -0.2) is 24.4 Å². The Morgan fingerprint density at radius 1 is 1.21 bits per heavy atom. The number of nitrogens with one attached hydrogen (secondary N) is 1. The normalized spacial score (nSPS) is 17.0. The molecule has 3 rings (SSSR count). The van der Waals surface area contributed by atoms with E-state index in [0.717, 1.165) is 41.2 Å². The van der Waals surface area contributed by atoms with E-state index >= 15 is 0 Å². The van der Waals surface area contributed by atoms with Crippen LogP contribution in [-0.2, 0) is 11.3 Å². The molecule has 0 bridgehead atoms. The van der Waals surface area contributed by atoms with E-state index in [1.807, 2.05) is 42.5 Å². The fourth-order valence-electron chi connectivity index (χ4n) is 2.82. The lowest BCUT2D eigenvalue weighted by Crippen LogP contribution is -2.24. The van der Waals surface area contributed by atoms with Gasteiger partial charge in [-0.1, -0.05) is 36.4 Å². The van der Waals surface area contributed by atoms with Crippen LogP contribution in [0, 0.1) is 6.92 Å². The van der Waals surface area contributed by atoms with Crippen LogP contribution in [0.1, 0.15) is 34.3 Å². The first kappa shape index (κ1) is 17.1. The van der Waals surface area contributed by atoms with Crippen molar-refractivity contribution in [1.29, 1.82) is 0 Å². The van der Waals surface area contributed by atoms with E-state index in [-0.39, 0.29) is 5.91 Å². The quantitative estimate of drug-likeness (QED) is 0.801. The average Bonchev–Trinajstić information content (AvgIpc) is 3.13. The molecule has 0 spiro atoms. The summed E-state index contributed by atoms with van der Waals surface area (Å²) in [7, 11) is 0. The predicted molar refractivity (Wildman–Crippen MR) is 98.5 cm³/mol. The van der Waals surface area contributed by atoms with Crippen LogP contribution in [0.4, 0.5) is 0 Å². The van der Waals surface area contributed by atoms with E-state index in [2.05, 4.69) is 18.3 Å². The molecule has 0 unspecified atom stereocenters. The van der Waals surface area contributed by atoms with E-state index in [1.54, 1.807) is 11.8 Å². The first-order chi connectivity index (χ1) is 11.7. The van der Waals surface area contributed by atoms with Gasteiger partial charge in [-0.2, -0.15) is 0 Å². The van der Waals surface area contributed by atoms with Crippen LogP contribution in [0.3, 0.4) is 0 Å². The second-order valence-corrected chi connectivity index (χ2v) is 7.11. The van der Waals surface area contributed by atoms with E-state index in [1.165, 1.54) is 5.56 Å². The molecule has 1 aliphatic heterocycles. The van der Waals surface area contributed by atoms with Crippen LogP contribution in [0.5, 0.6) is 0 Å². The van der Waals surface area contributed by atoms with Crippen LogP contribution in [0.2, 0.25) is 0 Å². The lowest BCUT2D eigenvalue weighted by molar-refractivity contribution is 0.0947. The van der Waals surface area contributed by atoms with Gasteiger partial charge in [0.2, 0.25) is 0 Å². The summed E-state index contributed by atoms with van der Waals surface area (Å²) in [5.41, 5.74) is 3.09. The van der Waals surface area contributed by atoms with Crippen molar-refractivity contribution in [3.63, 3.8) is 0 Å². The lowest BCUT2D eigenvalue weighted by Gasteiger charge is -2.13. The Balaban J connectivity index is 1.62. The molecule has 24 heavy (non-hydrogen) atoms. The summed E-state index contributed by atoms with van der Waals surface area (Å²) in [4.78, 5) is 13.6. The smallest absolute Gasteiger partial charge is 0.252 e. The largest absolute Gasteiger partial charge is 0.377 e. The number of aryl methyl sites for hydroxylation is 1. The summed E-state index contributed by atoms with van der Waals surface area (Å²) in [5, 5.41) is 3.04. The highest BCUT2D eigenvalue weighted by Gasteiger charge is 2.17. The molecule has 1 heterocycles. The number of amides is 1. The van der Waals surface area contributed by atoms with E-state index in [4.69, 9.17) is 4.74 Å². The second kappa shape index (κ2) is 8.36. The van der Waals surface area contributed by atoms with Crippen LogP contribution in [0.15, 0.2) is 53.4 Å². The Kier molecular flexibility index (Phi) is 5.94. The number of hydrogen-bond acceptors (Lipinski definition) is 3. The topological polar surface area (TPSA) is 38.3 Å². The Labute approximate surface area is 147 Å². The van der Waals surface area contributed by atoms with Gasteiger partial charge in [-0.05, 0) is 43.0 Å². The Hall–Kier alpha value is -1.78. The number of rotatable bonds is 6. The zero-order valence-electron chi connectivity index (χ0n) is 14.0. The van der Waals surface area contributed by atoms with Crippen LogP contribution in [0.25, 0.3) is 0 Å². The average molecular weight is 341 g/mol. The molecule has 1 N–H and O–H groups in total. The highest BCUT2D eigenvalue weighted by atomic mass is 32.2. The molecule has 1 saturated heterocycles. The Bertz CT molecular complexity index is 696. The molecule has 0 aliphatic carbocycles. The third kappa shape index (κ3) is 4.40. The fourth-order valence-corrected chi connectivity index (χ4v) is 3.94. The predicted octanol–water partition coefficient (Wildman–Crippen LogP) is 4.20. The molecule has 0 saturated carbocycles. The van der Waals surface area contributed by atoms with Gasteiger partial charge in [-0.25, -0.2) is 0 Å². The van der Waals surface area contributed by atoms with Crippen molar-refractivity contribution in [1.82, 2.24) is 5.32 Å². The summed E-state index contributed by atoms with van der Waals surface area (Å²) in [6.07, 6.45) is 2.58. The lowest BCUT2D eigenvalue weighted by atomic mass is 10.1. The Morgan fingerprint density at radius 2 is 2.00 bits per heavy atom. The van der Waals surface area contributed by atoms with Gasteiger partial charge in [-0.15, -0.1) is 11.8 Å². The van der Waals surface area contributed by atoms with Gasteiger partial charge < -0.3 is 10.1 Å². The van der Waals surface area contributed by atoms with Gasteiger partial charge in [0.1, 0.15) is 0 Å². The van der Waals surface area contributed by atoms with Gasteiger partial charge in [0.05, 0.1) is 11.7 Å². The molecular weight excluding hydrogens is 318 g/mol. The number of benzene rings is 2. The third-order valence-electron chi connectivity index (χ3n) is 4.28. The number of thioether (sulfide) groups is 1. The summed E-state index contributed by atoms with van der Waals surface area (Å²) < 4.78 is 5.67. The molecule has 2 aromatic rings. The van der Waals surface area contributed by atoms with Crippen molar-refractivity contribution in [3.8, 4) is 0 Å². The molecule has 1 fully saturated rings. The summed E-state index contributed by atoms with van der Waals surface area (Å²) in [5.74, 6) is 0.885. The minimum absolute atomic E-state index is 0.0197. The molecule has 3 nitrogen and oxygen atoms in total. The second-order valence-electron chi connectivity index (χ2n) is 6.05. The van der Waals surface area contributed by atoms with E-state index < -0.39 is 0 Å². The molecule has 0 radical (unpaired) electrons. The number of ether oxygens (including phenoxy) is 1. The minimum atomic E-state index is -0.0197. The summed E-state index contributed by atoms with van der Waals surface area (Å²) in [6.45, 7) is 3.48. The number of carbonyl (C=O) groups excluding carboxylic acids is 1. The van der Waals surface area contributed by atoms with Gasteiger partial charge >= 0.3 is 0 Å². The third-order valence-corrected chi connectivity index (χ3v) is 5.49. The number of carbonyl (C=O) groups is 1. The van der Waals surface area contributed by atoms with Crippen molar-refractivity contribution >= 4 is 17.7 Å². The molecule has 2 aromatic carbocycles. The Morgan fingerprint density at radius 3 is 2.79 bits per heavy atom. The van der Waals surface area contributed by atoms with Crippen molar-refractivity contribution in [2.45, 2.75) is 37.3 Å². The van der Waals surface area contributed by atoms with Gasteiger partial charge in [0, 0.05) is 23.8 Å². The monoisotopic (exact) mass is 341 g/mol. The SMILES string of the molecule is Cc1ccccc1CNC(=O)c1ccccc1SC[C@@H]1CCCO1.